The zero-order valence-corrected chi connectivity index (χ0v) is 5.48. The molecule has 0 aromatic rings. The van der Waals surface area contributed by atoms with Gasteiger partial charge in [0.2, 0.25) is 0 Å². The predicted octanol–water partition coefficient (Wildman–Crippen LogP) is 0.00310. The third kappa shape index (κ3) is 1.24. The summed E-state index contributed by atoms with van der Waals surface area (Å²) in [5, 5.41) is 8.35. The Bertz CT molecular complexity index is 154. The van der Waals surface area contributed by atoms with Crippen molar-refractivity contribution in [1.82, 2.24) is 0 Å². The molecule has 1 unspecified atom stereocenters. The van der Waals surface area contributed by atoms with Gasteiger partial charge < -0.3 is 5.11 Å². The van der Waals surface area contributed by atoms with E-state index in [2.05, 4.69) is 0 Å². The van der Waals surface area contributed by atoms with Crippen molar-refractivity contribution < 1.29 is 14.7 Å². The Balaban J connectivity index is 2.60. The van der Waals surface area contributed by atoms with E-state index in [-0.39, 0.29) is 5.78 Å². The Morgan fingerprint density at radius 3 is 2.67 bits per heavy atom. The summed E-state index contributed by atoms with van der Waals surface area (Å²) in [7, 11) is 0. The van der Waals surface area contributed by atoms with Gasteiger partial charge in [-0.25, -0.2) is 0 Å². The molecule has 0 aromatic heterocycles. The second-order valence-corrected chi connectivity index (χ2v) is 2.90. The summed E-state index contributed by atoms with van der Waals surface area (Å²) in [4.78, 5) is 20.8. The summed E-state index contributed by atoms with van der Waals surface area (Å²) < 4.78 is 0. The van der Waals surface area contributed by atoms with Crippen molar-refractivity contribution in [1.29, 1.82) is 0 Å². The minimum Gasteiger partial charge on any atom is -0.481 e. The van der Waals surface area contributed by atoms with E-state index in [1.807, 2.05) is 0 Å². The van der Waals surface area contributed by atoms with E-state index >= 15 is 0 Å². The first-order valence-electron chi connectivity index (χ1n) is 2.55. The normalized spacial score (nSPS) is 26.7. The molecule has 1 rings (SSSR count). The van der Waals surface area contributed by atoms with E-state index in [1.54, 1.807) is 0 Å². The molecule has 9 heavy (non-hydrogen) atoms. The topological polar surface area (TPSA) is 54.4 Å². The molecule has 1 aliphatic rings. The quantitative estimate of drug-likeness (QED) is 0.529. The number of hydrogen-bond donors (Lipinski definition) is 1. The van der Waals surface area contributed by atoms with E-state index in [0.29, 0.717) is 11.5 Å². The molecule has 0 aromatic carbocycles. The van der Waals surface area contributed by atoms with Crippen LogP contribution in [0, 0.1) is 5.92 Å². The molecule has 0 aliphatic carbocycles. The van der Waals surface area contributed by atoms with Gasteiger partial charge in [-0.3, -0.25) is 9.59 Å². The molecule has 0 amide bonds. The second kappa shape index (κ2) is 2.39. The molecule has 1 saturated heterocycles. The Morgan fingerprint density at radius 1 is 1.78 bits per heavy atom. The Kier molecular flexibility index (Phi) is 1.75. The van der Waals surface area contributed by atoms with Gasteiger partial charge in [0.15, 0.2) is 5.78 Å². The molecular weight excluding hydrogens is 140 g/mol. The van der Waals surface area contributed by atoms with Crippen LogP contribution in [0.4, 0.5) is 0 Å². The summed E-state index contributed by atoms with van der Waals surface area (Å²) >= 11 is 1.39. The number of hydrogen-bond acceptors (Lipinski definition) is 3. The molecule has 0 saturated carbocycles. The number of thioether (sulfide) groups is 1. The number of aliphatic carboxylic acids is 1. The zero-order chi connectivity index (χ0) is 6.85. The average molecular weight is 146 g/mol. The first-order valence-corrected chi connectivity index (χ1v) is 3.70. The van der Waals surface area contributed by atoms with Crippen LogP contribution in [0.15, 0.2) is 0 Å². The lowest BCUT2D eigenvalue weighted by molar-refractivity contribution is -0.144. The Hall–Kier alpha value is -0.510. The van der Waals surface area contributed by atoms with Crippen LogP contribution in [-0.2, 0) is 9.59 Å². The van der Waals surface area contributed by atoms with Crippen molar-refractivity contribution in [3.63, 3.8) is 0 Å². The van der Waals surface area contributed by atoms with Gasteiger partial charge in [-0.1, -0.05) is 0 Å². The monoisotopic (exact) mass is 146 g/mol. The third-order valence-corrected chi connectivity index (χ3v) is 2.27. The number of carbonyl (C=O) groups is 2. The van der Waals surface area contributed by atoms with Crippen LogP contribution >= 0.6 is 11.8 Å². The van der Waals surface area contributed by atoms with Gasteiger partial charge in [0.05, 0.1) is 5.75 Å². The average Bonchev–Trinajstić information content (AvgIpc) is 2.13. The molecule has 1 heterocycles. The summed E-state index contributed by atoms with van der Waals surface area (Å²) in [6, 6.07) is 0. The van der Waals surface area contributed by atoms with Gasteiger partial charge in [0.1, 0.15) is 5.92 Å². The predicted molar refractivity (Wildman–Crippen MR) is 33.5 cm³/mol. The second-order valence-electron chi connectivity index (χ2n) is 1.87. The van der Waals surface area contributed by atoms with Gasteiger partial charge in [-0.15, -0.1) is 0 Å². The summed E-state index contributed by atoms with van der Waals surface area (Å²) in [5.41, 5.74) is 0. The van der Waals surface area contributed by atoms with E-state index in [1.165, 1.54) is 11.8 Å². The number of carboxylic acid groups (broad SMARTS) is 1. The van der Waals surface area contributed by atoms with Crippen molar-refractivity contribution in [2.24, 2.45) is 5.92 Å². The van der Waals surface area contributed by atoms with E-state index in [0.717, 1.165) is 0 Å². The fraction of sp³-hybridized carbons (Fsp3) is 0.600. The van der Waals surface area contributed by atoms with Crippen LogP contribution in [0.1, 0.15) is 0 Å². The van der Waals surface area contributed by atoms with Crippen LogP contribution in [0.5, 0.6) is 0 Å². The molecule has 1 N–H and O–H groups in total. The number of Topliss-reactive ketones (excluding diaryl/α,β-unsaturated/α-hetero) is 1. The maximum Gasteiger partial charge on any atom is 0.314 e. The zero-order valence-electron chi connectivity index (χ0n) is 4.66. The third-order valence-electron chi connectivity index (χ3n) is 1.22. The van der Waals surface area contributed by atoms with Crippen molar-refractivity contribution >= 4 is 23.5 Å². The summed E-state index contributed by atoms with van der Waals surface area (Å²) in [6.45, 7) is 0. The van der Waals surface area contributed by atoms with Crippen molar-refractivity contribution in [2.45, 2.75) is 0 Å². The van der Waals surface area contributed by atoms with Crippen molar-refractivity contribution in [3.05, 3.63) is 0 Å². The van der Waals surface area contributed by atoms with Gasteiger partial charge >= 0.3 is 5.97 Å². The standard InChI is InChI=1S/C5H6O3S/c6-4-2-9-1-3(4)5(7)8/h3H,1-2H2,(H,7,8). The van der Waals surface area contributed by atoms with E-state index in [4.69, 9.17) is 5.11 Å². The van der Waals surface area contributed by atoms with E-state index in [9.17, 15) is 9.59 Å². The molecule has 50 valence electrons. The van der Waals surface area contributed by atoms with Crippen molar-refractivity contribution in [3.8, 4) is 0 Å². The van der Waals surface area contributed by atoms with Gasteiger partial charge in [0.25, 0.3) is 0 Å². The Labute approximate surface area is 56.4 Å². The summed E-state index contributed by atoms with van der Waals surface area (Å²) in [5.74, 6) is -1.03. The van der Waals surface area contributed by atoms with Crippen LogP contribution < -0.4 is 0 Å². The highest BCUT2D eigenvalue weighted by Crippen LogP contribution is 2.19. The molecule has 1 aliphatic heterocycles. The largest absolute Gasteiger partial charge is 0.481 e. The van der Waals surface area contributed by atoms with E-state index < -0.39 is 11.9 Å². The van der Waals surface area contributed by atoms with Crippen LogP contribution in [0.25, 0.3) is 0 Å². The molecular formula is C5H6O3S. The molecule has 1 fully saturated rings. The molecule has 0 radical (unpaired) electrons. The fourth-order valence-corrected chi connectivity index (χ4v) is 1.76. The van der Waals surface area contributed by atoms with Crippen LogP contribution in [0.3, 0.4) is 0 Å². The van der Waals surface area contributed by atoms with Crippen LogP contribution in [-0.4, -0.2) is 28.4 Å². The molecule has 1 atom stereocenters. The first-order chi connectivity index (χ1) is 4.22. The molecule has 4 heteroatoms. The highest BCUT2D eigenvalue weighted by molar-refractivity contribution is 8.00. The number of rotatable bonds is 1. The molecule has 0 spiro atoms. The lowest BCUT2D eigenvalue weighted by Gasteiger charge is -1.95. The minimum absolute atomic E-state index is 0.146. The summed E-state index contributed by atoms with van der Waals surface area (Å²) in [6.07, 6.45) is 0. The lowest BCUT2D eigenvalue weighted by Crippen LogP contribution is -2.21. The maximum atomic E-state index is 10.6. The maximum absolute atomic E-state index is 10.6. The van der Waals surface area contributed by atoms with Gasteiger partial charge in [-0.2, -0.15) is 11.8 Å². The number of carboxylic acids is 1. The highest BCUT2D eigenvalue weighted by atomic mass is 32.2. The number of ketones is 1. The SMILES string of the molecule is O=C(O)C1CSCC1=O. The van der Waals surface area contributed by atoms with Crippen LogP contribution in [0.2, 0.25) is 0 Å². The van der Waals surface area contributed by atoms with Gasteiger partial charge in [-0.05, 0) is 0 Å². The lowest BCUT2D eigenvalue weighted by atomic mass is 10.1. The Morgan fingerprint density at radius 2 is 2.44 bits per heavy atom. The fourth-order valence-electron chi connectivity index (χ4n) is 0.680. The van der Waals surface area contributed by atoms with Crippen molar-refractivity contribution in [2.75, 3.05) is 11.5 Å². The smallest absolute Gasteiger partial charge is 0.314 e. The van der Waals surface area contributed by atoms with Gasteiger partial charge in [0, 0.05) is 5.75 Å². The molecule has 0 bridgehead atoms. The first kappa shape index (κ1) is 6.61. The minimum atomic E-state index is -0.981. The highest BCUT2D eigenvalue weighted by Gasteiger charge is 2.30. The molecule has 3 nitrogen and oxygen atoms in total. The number of carbonyl (C=O) groups excluding carboxylic acids is 1.